The Morgan fingerprint density at radius 1 is 1.18 bits per heavy atom. The van der Waals surface area contributed by atoms with Gasteiger partial charge in [-0.3, -0.25) is 14.4 Å². The summed E-state index contributed by atoms with van der Waals surface area (Å²) in [5.41, 5.74) is 1.56. The normalized spacial score (nSPS) is 19.9. The van der Waals surface area contributed by atoms with Crippen LogP contribution in [0.5, 0.6) is 0 Å². The van der Waals surface area contributed by atoms with Crippen LogP contribution in [0.4, 0.5) is 0 Å². The monoisotopic (exact) mass is 301 g/mol. The van der Waals surface area contributed by atoms with Crippen LogP contribution in [-0.4, -0.2) is 35.0 Å². The van der Waals surface area contributed by atoms with Gasteiger partial charge in [-0.2, -0.15) is 0 Å². The van der Waals surface area contributed by atoms with Crippen molar-refractivity contribution in [1.82, 2.24) is 4.90 Å². The van der Waals surface area contributed by atoms with Crippen molar-refractivity contribution in [3.05, 3.63) is 35.4 Å². The first-order valence-corrected chi connectivity index (χ1v) is 7.84. The highest BCUT2D eigenvalue weighted by Crippen LogP contribution is 2.23. The number of benzene rings is 1. The standard InChI is InChI=1S/C18H23NO3/c1-5-12(4)19-10-15(20)16(18(19)22)17(21)14-8-6-13(7-9-14)11(2)3/h6-9,11-12,16H,5,10H2,1-4H3. The van der Waals surface area contributed by atoms with Gasteiger partial charge in [0.25, 0.3) is 0 Å². The smallest absolute Gasteiger partial charge is 0.241 e. The number of ketones is 2. The molecule has 4 heteroatoms. The molecule has 2 unspecified atom stereocenters. The molecule has 1 heterocycles. The van der Waals surface area contributed by atoms with Crippen molar-refractivity contribution in [3.8, 4) is 0 Å². The van der Waals surface area contributed by atoms with Crippen molar-refractivity contribution in [1.29, 1.82) is 0 Å². The van der Waals surface area contributed by atoms with Crippen LogP contribution in [0.2, 0.25) is 0 Å². The molecule has 0 aromatic heterocycles. The molecule has 2 rings (SSSR count). The summed E-state index contributed by atoms with van der Waals surface area (Å²) in [6.45, 7) is 8.06. The summed E-state index contributed by atoms with van der Waals surface area (Å²) >= 11 is 0. The minimum absolute atomic E-state index is 0.0161. The second-order valence-electron chi connectivity index (χ2n) is 6.26. The van der Waals surface area contributed by atoms with Gasteiger partial charge < -0.3 is 4.90 Å². The lowest BCUT2D eigenvalue weighted by Crippen LogP contribution is -2.36. The molecule has 4 nitrogen and oxygen atoms in total. The van der Waals surface area contributed by atoms with Crippen molar-refractivity contribution in [2.24, 2.45) is 5.92 Å². The first-order valence-electron chi connectivity index (χ1n) is 7.84. The Morgan fingerprint density at radius 2 is 1.77 bits per heavy atom. The summed E-state index contributed by atoms with van der Waals surface area (Å²) in [4.78, 5) is 38.6. The predicted octanol–water partition coefficient (Wildman–Crippen LogP) is 2.82. The minimum Gasteiger partial charge on any atom is -0.332 e. The highest BCUT2D eigenvalue weighted by Gasteiger charge is 2.45. The third-order valence-electron chi connectivity index (χ3n) is 4.43. The Bertz CT molecular complexity index is 589. The molecule has 1 aliphatic heterocycles. The number of amides is 1. The van der Waals surface area contributed by atoms with Gasteiger partial charge in [-0.25, -0.2) is 0 Å². The number of hydrogen-bond acceptors (Lipinski definition) is 3. The summed E-state index contributed by atoms with van der Waals surface area (Å²) in [6.07, 6.45) is 0.767. The topological polar surface area (TPSA) is 54.5 Å². The highest BCUT2D eigenvalue weighted by molar-refractivity contribution is 6.27. The van der Waals surface area contributed by atoms with Crippen molar-refractivity contribution < 1.29 is 14.4 Å². The molecule has 1 aromatic carbocycles. The summed E-state index contributed by atoms with van der Waals surface area (Å²) in [6, 6.07) is 7.18. The lowest BCUT2D eigenvalue weighted by Gasteiger charge is -2.22. The number of likely N-dealkylation sites (tertiary alicyclic amines) is 1. The minimum atomic E-state index is -1.15. The summed E-state index contributed by atoms with van der Waals surface area (Å²) in [5, 5.41) is 0. The van der Waals surface area contributed by atoms with Crippen LogP contribution >= 0.6 is 0 Å². The summed E-state index contributed by atoms with van der Waals surface area (Å²) in [7, 11) is 0. The lowest BCUT2D eigenvalue weighted by molar-refractivity contribution is -0.131. The lowest BCUT2D eigenvalue weighted by atomic mass is 9.93. The van der Waals surface area contributed by atoms with E-state index in [9.17, 15) is 14.4 Å². The maximum absolute atomic E-state index is 12.5. The first kappa shape index (κ1) is 16.4. The van der Waals surface area contributed by atoms with Crippen LogP contribution in [0.3, 0.4) is 0 Å². The molecule has 1 amide bonds. The molecule has 2 atom stereocenters. The van der Waals surface area contributed by atoms with Crippen molar-refractivity contribution in [3.63, 3.8) is 0 Å². The highest BCUT2D eigenvalue weighted by atomic mass is 16.2. The Balaban J connectivity index is 2.22. The van der Waals surface area contributed by atoms with Crippen LogP contribution < -0.4 is 0 Å². The number of rotatable bonds is 5. The van der Waals surface area contributed by atoms with Gasteiger partial charge in [0.2, 0.25) is 5.91 Å². The van der Waals surface area contributed by atoms with E-state index in [1.165, 1.54) is 4.90 Å². The fourth-order valence-electron chi connectivity index (χ4n) is 2.69. The van der Waals surface area contributed by atoms with E-state index in [-0.39, 0.29) is 30.1 Å². The molecule has 22 heavy (non-hydrogen) atoms. The molecule has 0 spiro atoms. The molecule has 0 radical (unpaired) electrons. The van der Waals surface area contributed by atoms with Crippen LogP contribution in [0.15, 0.2) is 24.3 Å². The first-order chi connectivity index (χ1) is 10.4. The fraction of sp³-hybridized carbons (Fsp3) is 0.500. The van der Waals surface area contributed by atoms with E-state index in [1.807, 2.05) is 26.0 Å². The molecule has 1 aromatic rings. The van der Waals surface area contributed by atoms with E-state index >= 15 is 0 Å². The van der Waals surface area contributed by atoms with E-state index in [1.54, 1.807) is 12.1 Å². The molecular weight excluding hydrogens is 278 g/mol. The molecular formula is C18H23NO3. The van der Waals surface area contributed by atoms with Crippen molar-refractivity contribution >= 4 is 17.5 Å². The molecule has 118 valence electrons. The van der Waals surface area contributed by atoms with Crippen molar-refractivity contribution in [2.45, 2.75) is 46.1 Å². The van der Waals surface area contributed by atoms with E-state index in [0.717, 1.165) is 12.0 Å². The zero-order valence-corrected chi connectivity index (χ0v) is 13.6. The number of nitrogens with zero attached hydrogens (tertiary/aromatic N) is 1. The average molecular weight is 301 g/mol. The second kappa shape index (κ2) is 6.42. The van der Waals surface area contributed by atoms with Crippen LogP contribution in [0.25, 0.3) is 0 Å². The predicted molar refractivity (Wildman–Crippen MR) is 84.8 cm³/mol. The quantitative estimate of drug-likeness (QED) is 0.621. The molecule has 1 aliphatic rings. The molecule has 0 aliphatic carbocycles. The van der Waals surface area contributed by atoms with Gasteiger partial charge in [0, 0.05) is 11.6 Å². The largest absolute Gasteiger partial charge is 0.332 e. The van der Waals surface area contributed by atoms with Crippen LogP contribution in [0.1, 0.15) is 56.0 Å². The van der Waals surface area contributed by atoms with Gasteiger partial charge >= 0.3 is 0 Å². The van der Waals surface area contributed by atoms with Gasteiger partial charge in [0.15, 0.2) is 17.5 Å². The second-order valence-corrected chi connectivity index (χ2v) is 6.26. The fourth-order valence-corrected chi connectivity index (χ4v) is 2.69. The summed E-state index contributed by atoms with van der Waals surface area (Å²) < 4.78 is 0. The van der Waals surface area contributed by atoms with Gasteiger partial charge in [-0.15, -0.1) is 0 Å². The maximum atomic E-state index is 12.5. The molecule has 0 saturated carbocycles. The Morgan fingerprint density at radius 3 is 2.27 bits per heavy atom. The van der Waals surface area contributed by atoms with Gasteiger partial charge in [0.1, 0.15) is 0 Å². The van der Waals surface area contributed by atoms with Gasteiger partial charge in [0.05, 0.1) is 6.54 Å². The average Bonchev–Trinajstić information content (AvgIpc) is 2.80. The number of Topliss-reactive ketones (excluding diaryl/α,β-unsaturated/α-hetero) is 2. The number of hydrogen-bond donors (Lipinski definition) is 0. The number of carbonyl (C=O) groups is 3. The van der Waals surface area contributed by atoms with Gasteiger partial charge in [-0.1, -0.05) is 45.0 Å². The Hall–Kier alpha value is -1.97. The molecule has 1 fully saturated rings. The third kappa shape index (κ3) is 2.96. The zero-order chi connectivity index (χ0) is 16.4. The van der Waals surface area contributed by atoms with Crippen molar-refractivity contribution in [2.75, 3.05) is 6.54 Å². The third-order valence-corrected chi connectivity index (χ3v) is 4.43. The van der Waals surface area contributed by atoms with E-state index in [0.29, 0.717) is 11.5 Å². The zero-order valence-electron chi connectivity index (χ0n) is 13.6. The molecule has 0 N–H and O–H groups in total. The van der Waals surface area contributed by atoms with Gasteiger partial charge in [-0.05, 0) is 24.8 Å². The Kier molecular flexibility index (Phi) is 4.79. The van der Waals surface area contributed by atoms with E-state index in [2.05, 4.69) is 13.8 Å². The maximum Gasteiger partial charge on any atom is 0.241 e. The summed E-state index contributed by atoms with van der Waals surface area (Å²) in [5.74, 6) is -1.80. The SMILES string of the molecule is CCC(C)N1CC(=O)C(C(=O)c2ccc(C(C)C)cc2)C1=O. The van der Waals surface area contributed by atoms with Crippen LogP contribution in [-0.2, 0) is 9.59 Å². The molecule has 1 saturated heterocycles. The van der Waals surface area contributed by atoms with E-state index in [4.69, 9.17) is 0 Å². The molecule has 0 bridgehead atoms. The number of carbonyl (C=O) groups excluding carboxylic acids is 3. The van der Waals surface area contributed by atoms with Crippen LogP contribution in [0, 0.1) is 5.92 Å². The van der Waals surface area contributed by atoms with E-state index < -0.39 is 5.92 Å². The Labute approximate surface area is 131 Å².